The van der Waals surface area contributed by atoms with Crippen molar-refractivity contribution in [1.29, 1.82) is 0 Å². The number of benzene rings is 3. The standard InChI is InChI=1S/C27H24N4O3/c32-26(33)23-15-11-20(12-16-23)19-9-13-21(14-10-19)24-18-28-31(29-24)27(34)30-17-5-4-8-25(30)22-6-2-1-3-7-22/h1-3,6-7,9-16,18,25H,4-5,8,17H2,(H,32,33)/t25-/m1/s1. The first-order chi connectivity index (χ1) is 16.6. The van der Waals surface area contributed by atoms with Crippen molar-refractivity contribution in [1.82, 2.24) is 19.9 Å². The molecule has 1 N–H and O–H groups in total. The van der Waals surface area contributed by atoms with Gasteiger partial charge in [0, 0.05) is 12.1 Å². The van der Waals surface area contributed by atoms with Gasteiger partial charge in [-0.15, -0.1) is 5.10 Å². The lowest BCUT2D eigenvalue weighted by Gasteiger charge is -2.35. The zero-order valence-electron chi connectivity index (χ0n) is 18.5. The maximum atomic E-state index is 13.3. The first kappa shape index (κ1) is 21.6. The largest absolute Gasteiger partial charge is 0.478 e. The first-order valence-corrected chi connectivity index (χ1v) is 11.3. The summed E-state index contributed by atoms with van der Waals surface area (Å²) in [5.74, 6) is -0.945. The van der Waals surface area contributed by atoms with Crippen LogP contribution in [0.3, 0.4) is 0 Å². The number of aromatic carboxylic acids is 1. The summed E-state index contributed by atoms with van der Waals surface area (Å²) in [6.07, 6.45) is 4.60. The fourth-order valence-corrected chi connectivity index (χ4v) is 4.42. The normalized spacial score (nSPS) is 15.8. The van der Waals surface area contributed by atoms with Gasteiger partial charge in [-0.3, -0.25) is 0 Å². The SMILES string of the molecule is O=C(O)c1ccc(-c2ccc(-c3cnn(C(=O)N4CCCC[C@@H]4c4ccccc4)n3)cc2)cc1. The smallest absolute Gasteiger partial charge is 0.362 e. The highest BCUT2D eigenvalue weighted by Crippen LogP contribution is 2.31. The average molecular weight is 453 g/mol. The molecule has 0 saturated carbocycles. The molecule has 3 aromatic carbocycles. The molecule has 1 aromatic heterocycles. The Morgan fingerprint density at radius 1 is 0.824 bits per heavy atom. The Morgan fingerprint density at radius 2 is 1.47 bits per heavy atom. The van der Waals surface area contributed by atoms with Crippen molar-refractivity contribution >= 4 is 12.0 Å². The van der Waals surface area contributed by atoms with Crippen LogP contribution in [-0.4, -0.2) is 43.5 Å². The Bertz CT molecular complexity index is 1300. The van der Waals surface area contributed by atoms with Gasteiger partial charge in [0.2, 0.25) is 0 Å². The van der Waals surface area contributed by atoms with Crippen molar-refractivity contribution in [2.24, 2.45) is 0 Å². The molecule has 0 aliphatic carbocycles. The van der Waals surface area contributed by atoms with Gasteiger partial charge in [0.1, 0.15) is 5.69 Å². The lowest BCUT2D eigenvalue weighted by Crippen LogP contribution is -2.41. The number of carbonyl (C=O) groups is 2. The number of amides is 1. The second-order valence-corrected chi connectivity index (χ2v) is 8.38. The Kier molecular flexibility index (Phi) is 5.91. The molecule has 5 rings (SSSR count). The predicted octanol–water partition coefficient (Wildman–Crippen LogP) is 5.51. The molecule has 1 aliphatic heterocycles. The zero-order valence-corrected chi connectivity index (χ0v) is 18.5. The number of aromatic nitrogens is 3. The lowest BCUT2D eigenvalue weighted by molar-refractivity contribution is 0.0697. The van der Waals surface area contributed by atoms with Crippen LogP contribution in [0.2, 0.25) is 0 Å². The summed E-state index contributed by atoms with van der Waals surface area (Å²) in [6.45, 7) is 0.685. The van der Waals surface area contributed by atoms with Gasteiger partial charge < -0.3 is 10.0 Å². The highest BCUT2D eigenvalue weighted by Gasteiger charge is 2.30. The van der Waals surface area contributed by atoms with E-state index in [1.54, 1.807) is 30.5 Å². The van der Waals surface area contributed by atoms with Crippen molar-refractivity contribution in [3.8, 4) is 22.4 Å². The van der Waals surface area contributed by atoms with Crippen LogP contribution in [0.1, 0.15) is 41.2 Å². The molecule has 0 spiro atoms. The molecule has 1 atom stereocenters. The van der Waals surface area contributed by atoms with Crippen LogP contribution in [0.15, 0.2) is 85.1 Å². The summed E-state index contributed by atoms with van der Waals surface area (Å²) in [5.41, 5.74) is 4.74. The van der Waals surface area contributed by atoms with E-state index in [0.29, 0.717) is 12.2 Å². The van der Waals surface area contributed by atoms with Gasteiger partial charge in [-0.1, -0.05) is 71.5 Å². The molecule has 0 radical (unpaired) electrons. The van der Waals surface area contributed by atoms with Crippen molar-refractivity contribution in [2.45, 2.75) is 25.3 Å². The van der Waals surface area contributed by atoms with E-state index in [9.17, 15) is 9.59 Å². The van der Waals surface area contributed by atoms with E-state index in [2.05, 4.69) is 22.3 Å². The number of likely N-dealkylation sites (tertiary alicyclic amines) is 1. The molecule has 7 heteroatoms. The van der Waals surface area contributed by atoms with Crippen molar-refractivity contribution in [3.05, 3.63) is 96.2 Å². The number of carboxylic acids is 1. The number of rotatable bonds is 4. The van der Waals surface area contributed by atoms with E-state index in [4.69, 9.17) is 5.11 Å². The van der Waals surface area contributed by atoms with E-state index in [1.165, 1.54) is 4.80 Å². The summed E-state index contributed by atoms with van der Waals surface area (Å²) < 4.78 is 0. The van der Waals surface area contributed by atoms with Crippen LogP contribution >= 0.6 is 0 Å². The van der Waals surface area contributed by atoms with E-state index in [-0.39, 0.29) is 17.6 Å². The van der Waals surface area contributed by atoms with Gasteiger partial charge in [0.05, 0.1) is 17.8 Å². The summed E-state index contributed by atoms with van der Waals surface area (Å²) in [5, 5.41) is 17.8. The Hall–Kier alpha value is -4.26. The molecule has 1 saturated heterocycles. The summed E-state index contributed by atoms with van der Waals surface area (Å²) in [6, 6.07) is 24.4. The molecule has 34 heavy (non-hydrogen) atoms. The molecule has 1 amide bonds. The average Bonchev–Trinajstić information content (AvgIpc) is 3.39. The van der Waals surface area contributed by atoms with Crippen LogP contribution in [0.25, 0.3) is 22.4 Å². The molecule has 2 heterocycles. The van der Waals surface area contributed by atoms with E-state index in [0.717, 1.165) is 41.5 Å². The summed E-state index contributed by atoms with van der Waals surface area (Å²) in [7, 11) is 0. The molecular formula is C27H24N4O3. The third-order valence-electron chi connectivity index (χ3n) is 6.24. The summed E-state index contributed by atoms with van der Waals surface area (Å²) >= 11 is 0. The van der Waals surface area contributed by atoms with Gasteiger partial charge >= 0.3 is 12.0 Å². The number of carbonyl (C=O) groups excluding carboxylic acids is 1. The molecule has 1 fully saturated rings. The van der Waals surface area contributed by atoms with Crippen LogP contribution in [-0.2, 0) is 0 Å². The van der Waals surface area contributed by atoms with E-state index in [1.807, 2.05) is 47.4 Å². The van der Waals surface area contributed by atoms with Crippen LogP contribution in [0.5, 0.6) is 0 Å². The van der Waals surface area contributed by atoms with Gasteiger partial charge in [0.25, 0.3) is 0 Å². The summed E-state index contributed by atoms with van der Waals surface area (Å²) in [4.78, 5) is 27.4. The second kappa shape index (κ2) is 9.31. The molecule has 7 nitrogen and oxygen atoms in total. The van der Waals surface area contributed by atoms with E-state index < -0.39 is 5.97 Å². The first-order valence-electron chi connectivity index (χ1n) is 11.3. The van der Waals surface area contributed by atoms with Crippen LogP contribution in [0.4, 0.5) is 4.79 Å². The maximum Gasteiger partial charge on any atom is 0.362 e. The fourth-order valence-electron chi connectivity index (χ4n) is 4.42. The minimum absolute atomic E-state index is 0.0312. The maximum absolute atomic E-state index is 13.3. The van der Waals surface area contributed by atoms with Gasteiger partial charge in [0.15, 0.2) is 0 Å². The van der Waals surface area contributed by atoms with Crippen molar-refractivity contribution in [2.75, 3.05) is 6.54 Å². The number of hydrogen-bond donors (Lipinski definition) is 1. The van der Waals surface area contributed by atoms with Crippen molar-refractivity contribution < 1.29 is 14.7 Å². The zero-order chi connectivity index (χ0) is 23.5. The molecule has 1 aliphatic rings. The lowest BCUT2D eigenvalue weighted by atomic mass is 9.96. The number of piperidine rings is 1. The topological polar surface area (TPSA) is 88.3 Å². The van der Waals surface area contributed by atoms with Crippen molar-refractivity contribution in [3.63, 3.8) is 0 Å². The molecule has 0 unspecified atom stereocenters. The van der Waals surface area contributed by atoms with Gasteiger partial charge in [-0.05, 0) is 48.1 Å². The Balaban J connectivity index is 1.34. The number of nitrogens with zero attached hydrogens (tertiary/aromatic N) is 4. The third kappa shape index (κ3) is 4.32. The Morgan fingerprint density at radius 3 is 2.15 bits per heavy atom. The van der Waals surface area contributed by atoms with Crippen LogP contribution < -0.4 is 0 Å². The van der Waals surface area contributed by atoms with Gasteiger partial charge in [-0.2, -0.15) is 5.10 Å². The molecular weight excluding hydrogens is 428 g/mol. The highest BCUT2D eigenvalue weighted by molar-refractivity contribution is 5.88. The predicted molar refractivity (Wildman–Crippen MR) is 128 cm³/mol. The molecule has 4 aromatic rings. The quantitative estimate of drug-likeness (QED) is 0.441. The fraction of sp³-hybridized carbons (Fsp3) is 0.185. The second-order valence-electron chi connectivity index (χ2n) is 8.38. The third-order valence-corrected chi connectivity index (χ3v) is 6.24. The monoisotopic (exact) mass is 452 g/mol. The molecule has 0 bridgehead atoms. The number of carboxylic acid groups (broad SMARTS) is 1. The minimum atomic E-state index is -0.945. The van der Waals surface area contributed by atoms with E-state index >= 15 is 0 Å². The van der Waals surface area contributed by atoms with Crippen LogP contribution in [0, 0.1) is 0 Å². The minimum Gasteiger partial charge on any atom is -0.478 e. The molecule has 170 valence electrons. The highest BCUT2D eigenvalue weighted by atomic mass is 16.4. The Labute approximate surface area is 197 Å². The number of hydrogen-bond acceptors (Lipinski definition) is 4. The van der Waals surface area contributed by atoms with Gasteiger partial charge in [-0.25, -0.2) is 9.59 Å².